The molecule has 0 aliphatic carbocycles. The Morgan fingerprint density at radius 2 is 0.968 bits per heavy atom. The molecule has 0 unspecified atom stereocenters. The third kappa shape index (κ3) is 3.43. The highest BCUT2D eigenvalue weighted by molar-refractivity contribution is 6.21. The summed E-state index contributed by atoms with van der Waals surface area (Å²) in [6.07, 6.45) is 0. The molecule has 0 saturated carbocycles. The van der Waals surface area contributed by atoms with Crippen LogP contribution in [0.5, 0.6) is 0 Å². The summed E-state index contributed by atoms with van der Waals surface area (Å²) in [5.74, 6) is 0. The second-order valence-corrected chi connectivity index (χ2v) is 9.54. The summed E-state index contributed by atoms with van der Waals surface area (Å²) < 4.78 is 0. The minimum absolute atomic E-state index is 0.0945. The fraction of sp³-hybridized carbons (Fsp3) is 0.161. The van der Waals surface area contributed by atoms with Gasteiger partial charge in [-0.3, -0.25) is 0 Å². The van der Waals surface area contributed by atoms with Crippen molar-refractivity contribution in [2.24, 2.45) is 0 Å². The van der Waals surface area contributed by atoms with Gasteiger partial charge in [0.2, 0.25) is 0 Å². The monoisotopic (exact) mass is 400 g/mol. The molecule has 0 fully saturated rings. The first-order valence-electron chi connectivity index (χ1n) is 11.0. The van der Waals surface area contributed by atoms with Crippen molar-refractivity contribution in [1.29, 1.82) is 0 Å². The number of hydrogen-bond acceptors (Lipinski definition) is 0. The van der Waals surface area contributed by atoms with Gasteiger partial charge in [0, 0.05) is 0 Å². The smallest absolute Gasteiger partial charge is 0.00202 e. The van der Waals surface area contributed by atoms with Crippen LogP contribution in [0, 0.1) is 6.92 Å². The molecule has 0 heteroatoms. The fourth-order valence-corrected chi connectivity index (χ4v) is 4.63. The van der Waals surface area contributed by atoms with Crippen LogP contribution in [0.1, 0.15) is 31.9 Å². The van der Waals surface area contributed by atoms with Crippen molar-refractivity contribution in [3.63, 3.8) is 0 Å². The standard InChI is InChI=1S/C31H28/c1-21-15-17-25-26-18-16-24(31(2,3)4)20-28(26)30(23-13-9-6-10-14-23)29(27(25)19-21)22-11-7-5-8-12-22/h5-20H,1-4H3. The van der Waals surface area contributed by atoms with Crippen molar-refractivity contribution >= 4 is 21.5 Å². The van der Waals surface area contributed by atoms with E-state index in [-0.39, 0.29) is 5.41 Å². The highest BCUT2D eigenvalue weighted by Gasteiger charge is 2.20. The molecule has 0 spiro atoms. The number of aryl methyl sites for hydroxylation is 1. The zero-order valence-electron chi connectivity index (χ0n) is 18.7. The number of rotatable bonds is 2. The highest BCUT2D eigenvalue weighted by atomic mass is 14.2. The summed E-state index contributed by atoms with van der Waals surface area (Å²) >= 11 is 0. The Balaban J connectivity index is 2.05. The van der Waals surface area contributed by atoms with E-state index in [2.05, 4.69) is 125 Å². The van der Waals surface area contributed by atoms with E-state index in [9.17, 15) is 0 Å². The Morgan fingerprint density at radius 3 is 1.48 bits per heavy atom. The quantitative estimate of drug-likeness (QED) is 0.259. The Bertz CT molecular complexity index is 1390. The second kappa shape index (κ2) is 7.39. The summed E-state index contributed by atoms with van der Waals surface area (Å²) in [6.45, 7) is 9.06. The molecule has 152 valence electrons. The maximum atomic E-state index is 2.42. The Hall–Kier alpha value is -3.38. The average molecular weight is 401 g/mol. The third-order valence-electron chi connectivity index (χ3n) is 6.26. The predicted octanol–water partition coefficient (Wildman–Crippen LogP) is 8.93. The van der Waals surface area contributed by atoms with Crippen LogP contribution in [-0.4, -0.2) is 0 Å². The maximum absolute atomic E-state index is 2.42. The van der Waals surface area contributed by atoms with Gasteiger partial charge in [0.05, 0.1) is 0 Å². The lowest BCUT2D eigenvalue weighted by Crippen LogP contribution is -2.10. The second-order valence-electron chi connectivity index (χ2n) is 9.54. The van der Waals surface area contributed by atoms with Crippen molar-refractivity contribution in [2.45, 2.75) is 33.1 Å². The van der Waals surface area contributed by atoms with Gasteiger partial charge in [-0.25, -0.2) is 0 Å². The van der Waals surface area contributed by atoms with Crippen LogP contribution in [0.3, 0.4) is 0 Å². The Morgan fingerprint density at radius 1 is 0.484 bits per heavy atom. The predicted molar refractivity (Wildman–Crippen MR) is 136 cm³/mol. The molecule has 0 aliphatic rings. The largest absolute Gasteiger partial charge is 0.0622 e. The SMILES string of the molecule is Cc1ccc2c(c1)c(-c1ccccc1)c(-c1ccccc1)c1cc(C(C)(C)C)ccc12. The first-order valence-corrected chi connectivity index (χ1v) is 11.0. The van der Waals surface area contributed by atoms with E-state index in [1.165, 1.54) is 54.9 Å². The van der Waals surface area contributed by atoms with Crippen LogP contribution in [0.4, 0.5) is 0 Å². The van der Waals surface area contributed by atoms with Crippen molar-refractivity contribution < 1.29 is 0 Å². The summed E-state index contributed by atoms with van der Waals surface area (Å²) in [5, 5.41) is 5.29. The molecule has 0 atom stereocenters. The molecule has 0 radical (unpaired) electrons. The lowest BCUT2D eigenvalue weighted by molar-refractivity contribution is 0.591. The van der Waals surface area contributed by atoms with Gasteiger partial charge in [0.25, 0.3) is 0 Å². The van der Waals surface area contributed by atoms with Gasteiger partial charge in [-0.15, -0.1) is 0 Å². The van der Waals surface area contributed by atoms with Crippen LogP contribution in [0.15, 0.2) is 97.1 Å². The molecule has 0 amide bonds. The highest BCUT2D eigenvalue weighted by Crippen LogP contribution is 2.45. The normalized spacial score (nSPS) is 11.9. The molecule has 0 N–H and O–H groups in total. The van der Waals surface area contributed by atoms with E-state index >= 15 is 0 Å². The van der Waals surface area contributed by atoms with E-state index in [4.69, 9.17) is 0 Å². The molecule has 0 heterocycles. The van der Waals surface area contributed by atoms with E-state index in [1.807, 2.05) is 0 Å². The van der Waals surface area contributed by atoms with Gasteiger partial charge >= 0.3 is 0 Å². The first-order chi connectivity index (χ1) is 14.9. The molecule has 5 aromatic carbocycles. The van der Waals surface area contributed by atoms with Crippen molar-refractivity contribution in [1.82, 2.24) is 0 Å². The molecule has 31 heavy (non-hydrogen) atoms. The van der Waals surface area contributed by atoms with Gasteiger partial charge in [-0.05, 0) is 67.8 Å². The van der Waals surface area contributed by atoms with E-state index < -0.39 is 0 Å². The van der Waals surface area contributed by atoms with Crippen LogP contribution in [0.2, 0.25) is 0 Å². The zero-order valence-corrected chi connectivity index (χ0v) is 18.7. The van der Waals surface area contributed by atoms with Crippen LogP contribution < -0.4 is 0 Å². The zero-order chi connectivity index (χ0) is 21.6. The molecular formula is C31H28. The molecule has 5 aromatic rings. The van der Waals surface area contributed by atoms with E-state index in [0.29, 0.717) is 0 Å². The summed E-state index contributed by atoms with van der Waals surface area (Å²) in [5.41, 5.74) is 7.92. The number of hydrogen-bond donors (Lipinski definition) is 0. The number of fused-ring (bicyclic) bond motifs is 3. The minimum atomic E-state index is 0.0945. The maximum Gasteiger partial charge on any atom is -0.00202 e. The Kier molecular flexibility index (Phi) is 4.67. The van der Waals surface area contributed by atoms with Gasteiger partial charge in [0.15, 0.2) is 0 Å². The fourth-order valence-electron chi connectivity index (χ4n) is 4.63. The summed E-state index contributed by atoms with van der Waals surface area (Å²) in [7, 11) is 0. The van der Waals surface area contributed by atoms with Crippen molar-refractivity contribution in [3.05, 3.63) is 108 Å². The molecular weight excluding hydrogens is 372 g/mol. The Labute approximate surface area is 185 Å². The van der Waals surface area contributed by atoms with Crippen LogP contribution >= 0.6 is 0 Å². The molecule has 5 rings (SSSR count). The van der Waals surface area contributed by atoms with Gasteiger partial charge in [-0.2, -0.15) is 0 Å². The van der Waals surface area contributed by atoms with E-state index in [1.54, 1.807) is 0 Å². The van der Waals surface area contributed by atoms with Crippen molar-refractivity contribution in [3.8, 4) is 22.3 Å². The van der Waals surface area contributed by atoms with Crippen LogP contribution in [-0.2, 0) is 5.41 Å². The first kappa shape index (κ1) is 19.6. The molecule has 0 saturated heterocycles. The number of benzene rings is 5. The average Bonchev–Trinajstić information content (AvgIpc) is 2.78. The van der Waals surface area contributed by atoms with Crippen LogP contribution in [0.25, 0.3) is 43.8 Å². The lowest BCUT2D eigenvalue weighted by Gasteiger charge is -2.23. The summed E-state index contributed by atoms with van der Waals surface area (Å²) in [6, 6.07) is 35.7. The van der Waals surface area contributed by atoms with E-state index in [0.717, 1.165) is 0 Å². The van der Waals surface area contributed by atoms with Gasteiger partial charge in [0.1, 0.15) is 0 Å². The molecule has 0 nitrogen and oxygen atoms in total. The van der Waals surface area contributed by atoms with Gasteiger partial charge in [-0.1, -0.05) is 117 Å². The molecule has 0 bridgehead atoms. The topological polar surface area (TPSA) is 0 Å². The van der Waals surface area contributed by atoms with Crippen molar-refractivity contribution in [2.75, 3.05) is 0 Å². The molecule has 0 aliphatic heterocycles. The third-order valence-corrected chi connectivity index (χ3v) is 6.26. The minimum Gasteiger partial charge on any atom is -0.0622 e. The lowest BCUT2D eigenvalue weighted by atomic mass is 9.81. The molecule has 0 aromatic heterocycles. The van der Waals surface area contributed by atoms with Gasteiger partial charge < -0.3 is 0 Å². The summed E-state index contributed by atoms with van der Waals surface area (Å²) in [4.78, 5) is 0.